The average Bonchev–Trinajstić information content (AvgIpc) is 3.06. The molecule has 0 amide bonds. The first-order valence-electron chi connectivity index (χ1n) is 6.89. The second-order valence-corrected chi connectivity index (χ2v) is 4.89. The van der Waals surface area contributed by atoms with Gasteiger partial charge in [-0.3, -0.25) is 0 Å². The molecule has 3 aromatic heterocycles. The average molecular weight is 270 g/mol. The van der Waals surface area contributed by atoms with Crippen LogP contribution in [-0.4, -0.2) is 24.0 Å². The number of aromatic nitrogens is 4. The van der Waals surface area contributed by atoms with Crippen molar-refractivity contribution in [2.45, 2.75) is 32.4 Å². The summed E-state index contributed by atoms with van der Waals surface area (Å²) in [4.78, 5) is 8.77. The van der Waals surface area contributed by atoms with Crippen molar-refractivity contribution in [3.05, 3.63) is 54.5 Å². The van der Waals surface area contributed by atoms with Gasteiger partial charge in [-0.1, -0.05) is 13.0 Å². The maximum absolute atomic E-state index is 10.4. The van der Waals surface area contributed by atoms with Crippen LogP contribution in [0.1, 0.15) is 31.0 Å². The van der Waals surface area contributed by atoms with Crippen LogP contribution in [-0.2, 0) is 13.0 Å². The summed E-state index contributed by atoms with van der Waals surface area (Å²) in [7, 11) is 0. The van der Waals surface area contributed by atoms with E-state index in [9.17, 15) is 5.11 Å². The van der Waals surface area contributed by atoms with Crippen LogP contribution < -0.4 is 0 Å². The fourth-order valence-corrected chi connectivity index (χ4v) is 2.37. The normalized spacial score (nSPS) is 12.9. The molecule has 0 spiro atoms. The molecule has 1 N–H and O–H groups in total. The van der Waals surface area contributed by atoms with Gasteiger partial charge in [-0.05, 0) is 18.6 Å². The maximum Gasteiger partial charge on any atom is 0.137 e. The molecule has 0 aliphatic heterocycles. The van der Waals surface area contributed by atoms with Crippen molar-refractivity contribution >= 4 is 5.65 Å². The largest absolute Gasteiger partial charge is 0.386 e. The Labute approximate surface area is 117 Å². The Morgan fingerprint density at radius 3 is 3.00 bits per heavy atom. The van der Waals surface area contributed by atoms with Crippen LogP contribution in [0.5, 0.6) is 0 Å². The Hall–Kier alpha value is -2.14. The number of nitrogens with zero attached hydrogens (tertiary/aromatic N) is 4. The second-order valence-electron chi connectivity index (χ2n) is 4.89. The number of hydrogen-bond acceptors (Lipinski definition) is 3. The topological polar surface area (TPSA) is 55.3 Å². The number of aliphatic hydroxyl groups excluding tert-OH is 1. The van der Waals surface area contributed by atoms with Crippen molar-refractivity contribution in [2.24, 2.45) is 0 Å². The van der Waals surface area contributed by atoms with E-state index in [-0.39, 0.29) is 0 Å². The number of imidazole rings is 2. The minimum Gasteiger partial charge on any atom is -0.386 e. The van der Waals surface area contributed by atoms with Gasteiger partial charge in [0.25, 0.3) is 0 Å². The highest BCUT2D eigenvalue weighted by Crippen LogP contribution is 2.17. The van der Waals surface area contributed by atoms with Gasteiger partial charge in [-0.2, -0.15) is 0 Å². The molecule has 0 saturated carbocycles. The van der Waals surface area contributed by atoms with Gasteiger partial charge in [0.05, 0.1) is 5.69 Å². The van der Waals surface area contributed by atoms with Gasteiger partial charge < -0.3 is 14.1 Å². The van der Waals surface area contributed by atoms with Crippen molar-refractivity contribution in [3.8, 4) is 0 Å². The monoisotopic (exact) mass is 270 g/mol. The molecule has 1 atom stereocenters. The van der Waals surface area contributed by atoms with Gasteiger partial charge >= 0.3 is 0 Å². The van der Waals surface area contributed by atoms with Crippen LogP contribution in [0, 0.1) is 0 Å². The zero-order chi connectivity index (χ0) is 13.9. The Kier molecular flexibility index (Phi) is 3.52. The molecule has 104 valence electrons. The smallest absolute Gasteiger partial charge is 0.137 e. The Morgan fingerprint density at radius 2 is 2.20 bits per heavy atom. The van der Waals surface area contributed by atoms with Gasteiger partial charge in [-0.25, -0.2) is 9.97 Å². The van der Waals surface area contributed by atoms with Crippen LogP contribution >= 0.6 is 0 Å². The summed E-state index contributed by atoms with van der Waals surface area (Å²) in [5.41, 5.74) is 1.53. The van der Waals surface area contributed by atoms with Crippen molar-refractivity contribution in [1.82, 2.24) is 18.9 Å². The lowest BCUT2D eigenvalue weighted by molar-refractivity contribution is 0.170. The number of aryl methyl sites for hydroxylation is 1. The van der Waals surface area contributed by atoms with Gasteiger partial charge in [0.2, 0.25) is 0 Å². The summed E-state index contributed by atoms with van der Waals surface area (Å²) in [6.07, 6.45) is 8.43. The highest BCUT2D eigenvalue weighted by molar-refractivity contribution is 5.39. The Balaban J connectivity index is 1.81. The molecule has 0 aliphatic carbocycles. The van der Waals surface area contributed by atoms with E-state index in [2.05, 4.69) is 21.5 Å². The fraction of sp³-hybridized carbons (Fsp3) is 0.333. The predicted molar refractivity (Wildman–Crippen MR) is 76.4 cm³/mol. The highest BCUT2D eigenvalue weighted by atomic mass is 16.3. The lowest BCUT2D eigenvalue weighted by atomic mass is 10.2. The molecule has 0 bridgehead atoms. The summed E-state index contributed by atoms with van der Waals surface area (Å²) in [5.74, 6) is 0.899. The number of aliphatic hydroxyl groups is 1. The number of rotatable bonds is 5. The minimum atomic E-state index is -0.632. The molecule has 0 fully saturated rings. The van der Waals surface area contributed by atoms with E-state index in [0.29, 0.717) is 12.1 Å². The third-order valence-electron chi connectivity index (χ3n) is 3.37. The summed E-state index contributed by atoms with van der Waals surface area (Å²) < 4.78 is 4.00. The van der Waals surface area contributed by atoms with E-state index in [4.69, 9.17) is 0 Å². The fourth-order valence-electron chi connectivity index (χ4n) is 2.37. The SMILES string of the molecule is CCCn1ccnc1CC(O)c1cn2ccccc2n1. The molecule has 20 heavy (non-hydrogen) atoms. The van der Waals surface area contributed by atoms with Gasteiger partial charge in [0.15, 0.2) is 0 Å². The van der Waals surface area contributed by atoms with E-state index in [1.54, 1.807) is 6.20 Å². The first-order chi connectivity index (χ1) is 9.78. The van der Waals surface area contributed by atoms with Crippen molar-refractivity contribution in [3.63, 3.8) is 0 Å². The molecule has 0 aliphatic rings. The molecule has 1 unspecified atom stereocenters. The molecule has 5 heteroatoms. The van der Waals surface area contributed by atoms with Crippen LogP contribution in [0.2, 0.25) is 0 Å². The molecule has 0 saturated heterocycles. The van der Waals surface area contributed by atoms with Crippen LogP contribution in [0.25, 0.3) is 5.65 Å². The summed E-state index contributed by atoms with van der Waals surface area (Å²) in [5, 5.41) is 10.4. The molecule has 0 radical (unpaired) electrons. The first kappa shape index (κ1) is 12.9. The molecule has 5 nitrogen and oxygen atoms in total. The number of hydrogen-bond donors (Lipinski definition) is 1. The van der Waals surface area contributed by atoms with E-state index in [1.165, 1.54) is 0 Å². The number of pyridine rings is 1. The van der Waals surface area contributed by atoms with E-state index >= 15 is 0 Å². The third kappa shape index (κ3) is 2.44. The number of fused-ring (bicyclic) bond motifs is 1. The van der Waals surface area contributed by atoms with E-state index in [1.807, 2.05) is 41.2 Å². The minimum absolute atomic E-state index is 0.483. The summed E-state index contributed by atoms with van der Waals surface area (Å²) in [6.45, 7) is 3.05. The van der Waals surface area contributed by atoms with Gasteiger partial charge in [0, 0.05) is 37.8 Å². The molecule has 3 aromatic rings. The predicted octanol–water partition coefficient (Wildman–Crippen LogP) is 2.22. The van der Waals surface area contributed by atoms with Crippen LogP contribution in [0.3, 0.4) is 0 Å². The maximum atomic E-state index is 10.4. The van der Waals surface area contributed by atoms with E-state index in [0.717, 1.165) is 24.4 Å². The molecule has 3 rings (SSSR count). The van der Waals surface area contributed by atoms with Crippen molar-refractivity contribution in [2.75, 3.05) is 0 Å². The first-order valence-corrected chi connectivity index (χ1v) is 6.89. The van der Waals surface area contributed by atoms with Gasteiger partial charge in [-0.15, -0.1) is 0 Å². The quantitative estimate of drug-likeness (QED) is 0.773. The van der Waals surface area contributed by atoms with Crippen molar-refractivity contribution in [1.29, 1.82) is 0 Å². The standard InChI is InChI=1S/C15H18N4O/c1-2-7-18-9-6-16-15(18)10-13(20)12-11-19-8-4-3-5-14(19)17-12/h3-6,8-9,11,13,20H,2,7,10H2,1H3. The molecule has 3 heterocycles. The van der Waals surface area contributed by atoms with Crippen LogP contribution in [0.4, 0.5) is 0 Å². The van der Waals surface area contributed by atoms with Crippen molar-refractivity contribution < 1.29 is 5.11 Å². The van der Waals surface area contributed by atoms with E-state index < -0.39 is 6.10 Å². The lowest BCUT2D eigenvalue weighted by Crippen LogP contribution is -2.09. The summed E-state index contributed by atoms with van der Waals surface area (Å²) in [6, 6.07) is 5.81. The zero-order valence-corrected chi connectivity index (χ0v) is 11.5. The third-order valence-corrected chi connectivity index (χ3v) is 3.37. The zero-order valence-electron chi connectivity index (χ0n) is 11.5. The van der Waals surface area contributed by atoms with Gasteiger partial charge in [0.1, 0.15) is 17.6 Å². The Morgan fingerprint density at radius 1 is 1.30 bits per heavy atom. The molecular weight excluding hydrogens is 252 g/mol. The molecular formula is C15H18N4O. The second kappa shape index (κ2) is 5.46. The van der Waals surface area contributed by atoms with Crippen LogP contribution in [0.15, 0.2) is 43.0 Å². The Bertz CT molecular complexity index is 668. The summed E-state index contributed by atoms with van der Waals surface area (Å²) >= 11 is 0. The molecule has 0 aromatic carbocycles. The lowest BCUT2D eigenvalue weighted by Gasteiger charge is -2.09. The highest BCUT2D eigenvalue weighted by Gasteiger charge is 2.15.